The normalized spacial score (nSPS) is 11.3. The summed E-state index contributed by atoms with van der Waals surface area (Å²) in [4.78, 5) is 33.0. The molecular formula is C19H19NO8. The fourth-order valence-corrected chi connectivity index (χ4v) is 2.30. The van der Waals surface area contributed by atoms with Crippen molar-refractivity contribution in [1.29, 1.82) is 0 Å². The summed E-state index contributed by atoms with van der Waals surface area (Å²) in [5, 5.41) is 19.3. The SMILES string of the molecule is CCOC(=O)C(Cc1ccc(OCC(=O)O)cc1)Oc1ccc([N+](=O)[O-])cc1. The number of esters is 1. The van der Waals surface area contributed by atoms with Crippen LogP contribution in [0.5, 0.6) is 11.5 Å². The van der Waals surface area contributed by atoms with E-state index in [9.17, 15) is 19.7 Å². The summed E-state index contributed by atoms with van der Waals surface area (Å²) in [5.41, 5.74) is 0.652. The number of carboxylic acid groups (broad SMARTS) is 1. The Labute approximate surface area is 160 Å². The van der Waals surface area contributed by atoms with E-state index >= 15 is 0 Å². The summed E-state index contributed by atoms with van der Waals surface area (Å²) >= 11 is 0. The highest BCUT2D eigenvalue weighted by molar-refractivity contribution is 5.75. The van der Waals surface area contributed by atoms with Crippen LogP contribution in [0.15, 0.2) is 48.5 Å². The summed E-state index contributed by atoms with van der Waals surface area (Å²) in [6.45, 7) is 1.41. The lowest BCUT2D eigenvalue weighted by Gasteiger charge is -2.18. The first-order valence-corrected chi connectivity index (χ1v) is 8.40. The number of hydrogen-bond donors (Lipinski definition) is 1. The van der Waals surface area contributed by atoms with Gasteiger partial charge >= 0.3 is 11.9 Å². The van der Waals surface area contributed by atoms with Crippen molar-refractivity contribution in [2.24, 2.45) is 0 Å². The smallest absolute Gasteiger partial charge is 0.347 e. The number of carbonyl (C=O) groups excluding carboxylic acids is 1. The van der Waals surface area contributed by atoms with Gasteiger partial charge in [-0.2, -0.15) is 0 Å². The molecule has 0 aliphatic heterocycles. The maximum atomic E-state index is 12.2. The molecule has 2 aromatic rings. The van der Waals surface area contributed by atoms with Gasteiger partial charge in [-0.25, -0.2) is 9.59 Å². The molecule has 0 saturated carbocycles. The number of nitrogens with zero attached hydrogens (tertiary/aromatic N) is 1. The first-order chi connectivity index (χ1) is 13.4. The summed E-state index contributed by atoms with van der Waals surface area (Å²) in [6, 6.07) is 11.9. The van der Waals surface area contributed by atoms with Gasteiger partial charge in [-0.05, 0) is 36.8 Å². The van der Waals surface area contributed by atoms with Gasteiger partial charge in [0.25, 0.3) is 5.69 Å². The van der Waals surface area contributed by atoms with Crippen molar-refractivity contribution in [1.82, 2.24) is 0 Å². The molecule has 0 bridgehead atoms. The molecule has 2 aromatic carbocycles. The first-order valence-electron chi connectivity index (χ1n) is 8.40. The van der Waals surface area contributed by atoms with Gasteiger partial charge in [-0.3, -0.25) is 10.1 Å². The molecule has 0 heterocycles. The number of ether oxygens (including phenoxy) is 3. The van der Waals surface area contributed by atoms with Crippen LogP contribution in [0.2, 0.25) is 0 Å². The van der Waals surface area contributed by atoms with Crippen LogP contribution < -0.4 is 9.47 Å². The average Bonchev–Trinajstić information content (AvgIpc) is 2.67. The van der Waals surface area contributed by atoms with Crippen LogP contribution in [-0.4, -0.2) is 41.3 Å². The summed E-state index contributed by atoms with van der Waals surface area (Å²) in [7, 11) is 0. The molecule has 1 atom stereocenters. The Morgan fingerprint density at radius 3 is 2.21 bits per heavy atom. The van der Waals surface area contributed by atoms with Gasteiger partial charge in [0.05, 0.1) is 11.5 Å². The van der Waals surface area contributed by atoms with Crippen molar-refractivity contribution in [3.8, 4) is 11.5 Å². The first kappa shape index (κ1) is 20.7. The highest BCUT2D eigenvalue weighted by atomic mass is 16.6. The van der Waals surface area contributed by atoms with Crippen molar-refractivity contribution in [2.45, 2.75) is 19.4 Å². The second kappa shape index (κ2) is 9.91. The maximum absolute atomic E-state index is 12.2. The Morgan fingerprint density at radius 2 is 1.68 bits per heavy atom. The lowest BCUT2D eigenvalue weighted by Crippen LogP contribution is -2.31. The summed E-state index contributed by atoms with van der Waals surface area (Å²) in [6.07, 6.45) is -0.762. The largest absolute Gasteiger partial charge is 0.482 e. The topological polar surface area (TPSA) is 125 Å². The highest BCUT2D eigenvalue weighted by Crippen LogP contribution is 2.21. The number of aliphatic carboxylic acids is 1. The van der Waals surface area contributed by atoms with E-state index in [1.165, 1.54) is 24.3 Å². The van der Waals surface area contributed by atoms with Crippen LogP contribution in [-0.2, 0) is 20.7 Å². The molecule has 0 spiro atoms. The van der Waals surface area contributed by atoms with Crippen molar-refractivity contribution in [2.75, 3.05) is 13.2 Å². The number of rotatable bonds is 10. The fraction of sp³-hybridized carbons (Fsp3) is 0.263. The lowest BCUT2D eigenvalue weighted by molar-refractivity contribution is -0.384. The molecule has 1 unspecified atom stereocenters. The Balaban J connectivity index is 2.09. The molecule has 28 heavy (non-hydrogen) atoms. The fourth-order valence-electron chi connectivity index (χ4n) is 2.30. The standard InChI is InChI=1S/C19H19NO8/c1-2-26-19(23)17(28-16-9-5-14(6-10-16)20(24)25)11-13-3-7-15(8-4-13)27-12-18(21)22/h3-10,17H,2,11-12H2,1H3,(H,21,22). The quantitative estimate of drug-likeness (QED) is 0.373. The molecular weight excluding hydrogens is 370 g/mol. The Morgan fingerprint density at radius 1 is 1.07 bits per heavy atom. The lowest BCUT2D eigenvalue weighted by atomic mass is 10.1. The highest BCUT2D eigenvalue weighted by Gasteiger charge is 2.23. The molecule has 0 amide bonds. The number of nitro groups is 1. The van der Waals surface area contributed by atoms with E-state index in [-0.39, 0.29) is 18.7 Å². The minimum atomic E-state index is -1.08. The van der Waals surface area contributed by atoms with Crippen LogP contribution in [0.4, 0.5) is 5.69 Å². The monoisotopic (exact) mass is 389 g/mol. The zero-order valence-corrected chi connectivity index (χ0v) is 15.1. The third-order valence-electron chi connectivity index (χ3n) is 3.58. The molecule has 2 rings (SSSR count). The van der Waals surface area contributed by atoms with Crippen molar-refractivity contribution in [3.05, 3.63) is 64.2 Å². The zero-order chi connectivity index (χ0) is 20.5. The molecule has 0 aromatic heterocycles. The van der Waals surface area contributed by atoms with Gasteiger partial charge in [-0.1, -0.05) is 12.1 Å². The maximum Gasteiger partial charge on any atom is 0.347 e. The van der Waals surface area contributed by atoms with Crippen LogP contribution in [0.25, 0.3) is 0 Å². The predicted octanol–water partition coefficient (Wildman–Crippen LogP) is 2.61. The minimum Gasteiger partial charge on any atom is -0.482 e. The molecule has 148 valence electrons. The average molecular weight is 389 g/mol. The van der Waals surface area contributed by atoms with Crippen LogP contribution in [0.3, 0.4) is 0 Å². The number of carbonyl (C=O) groups is 2. The van der Waals surface area contributed by atoms with E-state index < -0.39 is 29.6 Å². The van der Waals surface area contributed by atoms with Gasteiger partial charge in [0, 0.05) is 18.6 Å². The molecule has 9 nitrogen and oxygen atoms in total. The van der Waals surface area contributed by atoms with Crippen LogP contribution in [0.1, 0.15) is 12.5 Å². The number of nitro benzene ring substituents is 1. The van der Waals surface area contributed by atoms with Crippen LogP contribution in [0, 0.1) is 10.1 Å². The molecule has 0 aliphatic rings. The second-order valence-corrected chi connectivity index (χ2v) is 5.64. The number of carboxylic acids is 1. The van der Waals surface area contributed by atoms with E-state index in [0.29, 0.717) is 11.5 Å². The van der Waals surface area contributed by atoms with Gasteiger partial charge in [0.1, 0.15) is 11.5 Å². The molecule has 0 radical (unpaired) electrons. The van der Waals surface area contributed by atoms with E-state index in [2.05, 4.69) is 0 Å². The van der Waals surface area contributed by atoms with Gasteiger partial charge in [-0.15, -0.1) is 0 Å². The van der Waals surface area contributed by atoms with Gasteiger partial charge < -0.3 is 19.3 Å². The summed E-state index contributed by atoms with van der Waals surface area (Å²) in [5.74, 6) is -0.963. The number of benzene rings is 2. The Kier molecular flexibility index (Phi) is 7.32. The zero-order valence-electron chi connectivity index (χ0n) is 15.1. The molecule has 1 N–H and O–H groups in total. The van der Waals surface area contributed by atoms with E-state index in [1.807, 2.05) is 0 Å². The summed E-state index contributed by atoms with van der Waals surface area (Å²) < 4.78 is 15.8. The van der Waals surface area contributed by atoms with Crippen molar-refractivity contribution < 1.29 is 33.8 Å². The van der Waals surface area contributed by atoms with Gasteiger partial charge in [0.2, 0.25) is 0 Å². The Bertz CT molecular complexity index is 817. The second-order valence-electron chi connectivity index (χ2n) is 5.64. The van der Waals surface area contributed by atoms with Crippen molar-refractivity contribution >= 4 is 17.6 Å². The Hall–Kier alpha value is -3.62. The third kappa shape index (κ3) is 6.27. The molecule has 0 fully saturated rings. The predicted molar refractivity (Wildman–Crippen MR) is 97.4 cm³/mol. The third-order valence-corrected chi connectivity index (χ3v) is 3.58. The van der Waals surface area contributed by atoms with E-state index in [0.717, 1.165) is 5.56 Å². The minimum absolute atomic E-state index is 0.0861. The van der Waals surface area contributed by atoms with E-state index in [4.69, 9.17) is 19.3 Å². The number of hydrogen-bond acceptors (Lipinski definition) is 7. The molecule has 9 heteroatoms. The van der Waals surface area contributed by atoms with Crippen LogP contribution >= 0.6 is 0 Å². The number of non-ortho nitro benzene ring substituents is 1. The van der Waals surface area contributed by atoms with Gasteiger partial charge in [0.15, 0.2) is 12.7 Å². The molecule has 0 saturated heterocycles. The van der Waals surface area contributed by atoms with E-state index in [1.54, 1.807) is 31.2 Å². The molecule has 0 aliphatic carbocycles. The van der Waals surface area contributed by atoms with Crippen molar-refractivity contribution in [3.63, 3.8) is 0 Å².